The van der Waals surface area contributed by atoms with E-state index in [1.165, 1.54) is 33.0 Å². The highest BCUT2D eigenvalue weighted by molar-refractivity contribution is 6.01. The number of fused-ring (bicyclic) bond motifs is 1. The van der Waals surface area contributed by atoms with Gasteiger partial charge in [0.15, 0.2) is 0 Å². The summed E-state index contributed by atoms with van der Waals surface area (Å²) in [6, 6.07) is 31.5. The lowest BCUT2D eigenvalue weighted by Crippen LogP contribution is -1.90. The summed E-state index contributed by atoms with van der Waals surface area (Å²) >= 11 is 0. The fourth-order valence-electron chi connectivity index (χ4n) is 3.11. The Hall–Kier alpha value is -3.06. The van der Waals surface area contributed by atoms with Crippen LogP contribution >= 0.6 is 0 Å². The van der Waals surface area contributed by atoms with Gasteiger partial charge in [-0.25, -0.2) is 0 Å². The zero-order valence-electron chi connectivity index (χ0n) is 12.7. The van der Waals surface area contributed by atoms with Crippen LogP contribution in [0.5, 0.6) is 0 Å². The Labute approximate surface area is 136 Å². The molecule has 23 heavy (non-hydrogen) atoms. The van der Waals surface area contributed by atoms with Gasteiger partial charge in [0.05, 0.1) is 0 Å². The first kappa shape index (κ1) is 13.6. The molecule has 0 saturated heterocycles. The third-order valence-corrected chi connectivity index (χ3v) is 4.21. The van der Waals surface area contributed by atoms with Gasteiger partial charge in [-0.3, -0.25) is 0 Å². The summed E-state index contributed by atoms with van der Waals surface area (Å²) in [5.74, 6) is 0. The molecule has 4 rings (SSSR count). The van der Waals surface area contributed by atoms with E-state index in [0.717, 1.165) is 5.69 Å². The van der Waals surface area contributed by atoms with Crippen molar-refractivity contribution in [3.63, 3.8) is 0 Å². The van der Waals surface area contributed by atoms with Gasteiger partial charge in [-0.05, 0) is 45.2 Å². The summed E-state index contributed by atoms with van der Waals surface area (Å²) in [5.41, 5.74) is 11.7. The Kier molecular flexibility index (Phi) is 3.32. The highest BCUT2D eigenvalue weighted by Gasteiger charge is 2.10. The van der Waals surface area contributed by atoms with Gasteiger partial charge in [0.1, 0.15) is 0 Å². The predicted octanol–water partition coefficient (Wildman–Crippen LogP) is 5.76. The number of hydrogen-bond donors (Lipinski definition) is 1. The number of rotatable bonds is 2. The van der Waals surface area contributed by atoms with Crippen molar-refractivity contribution in [1.82, 2.24) is 0 Å². The zero-order chi connectivity index (χ0) is 15.6. The van der Waals surface area contributed by atoms with Crippen molar-refractivity contribution < 1.29 is 0 Å². The third-order valence-electron chi connectivity index (χ3n) is 4.21. The van der Waals surface area contributed by atoms with E-state index in [1.54, 1.807) is 0 Å². The summed E-state index contributed by atoms with van der Waals surface area (Å²) in [4.78, 5) is 0. The molecule has 0 fully saturated rings. The van der Waals surface area contributed by atoms with E-state index in [2.05, 4.69) is 78.9 Å². The van der Waals surface area contributed by atoms with Gasteiger partial charge in [0, 0.05) is 5.69 Å². The van der Waals surface area contributed by atoms with Gasteiger partial charge in [-0.15, -0.1) is 0 Å². The minimum atomic E-state index is 0.785. The van der Waals surface area contributed by atoms with Crippen LogP contribution in [0.25, 0.3) is 33.0 Å². The molecule has 110 valence electrons. The molecule has 0 atom stereocenters. The van der Waals surface area contributed by atoms with Crippen molar-refractivity contribution in [1.29, 1.82) is 0 Å². The van der Waals surface area contributed by atoms with Crippen molar-refractivity contribution in [3.05, 3.63) is 91.0 Å². The topological polar surface area (TPSA) is 26.0 Å². The monoisotopic (exact) mass is 295 g/mol. The fourth-order valence-corrected chi connectivity index (χ4v) is 3.11. The average Bonchev–Trinajstić information content (AvgIpc) is 2.62. The molecule has 4 aromatic rings. The number of benzene rings is 4. The van der Waals surface area contributed by atoms with Crippen molar-refractivity contribution in [3.8, 4) is 22.3 Å². The SMILES string of the molecule is Nc1ccc(-c2ccccc2)c(-c2cccc3ccccc23)c1. The summed E-state index contributed by atoms with van der Waals surface area (Å²) < 4.78 is 0. The molecule has 0 spiro atoms. The molecule has 0 aliphatic rings. The van der Waals surface area contributed by atoms with Crippen molar-refractivity contribution in [2.45, 2.75) is 0 Å². The molecule has 1 heteroatoms. The average molecular weight is 295 g/mol. The highest BCUT2D eigenvalue weighted by atomic mass is 14.5. The molecule has 0 aliphatic heterocycles. The maximum atomic E-state index is 6.09. The largest absolute Gasteiger partial charge is 0.399 e. The van der Waals surface area contributed by atoms with E-state index in [4.69, 9.17) is 5.73 Å². The molecule has 2 N–H and O–H groups in total. The lowest BCUT2D eigenvalue weighted by Gasteiger charge is -2.13. The summed E-state index contributed by atoms with van der Waals surface area (Å²) in [7, 11) is 0. The first-order valence-electron chi connectivity index (χ1n) is 7.76. The van der Waals surface area contributed by atoms with Crippen molar-refractivity contribution >= 4 is 16.5 Å². The number of hydrogen-bond acceptors (Lipinski definition) is 1. The van der Waals surface area contributed by atoms with Crippen LogP contribution in [0.1, 0.15) is 0 Å². The van der Waals surface area contributed by atoms with E-state index in [-0.39, 0.29) is 0 Å². The molecule has 0 bridgehead atoms. The molecule has 0 saturated carbocycles. The van der Waals surface area contributed by atoms with Gasteiger partial charge in [0.2, 0.25) is 0 Å². The minimum absolute atomic E-state index is 0.785. The molecule has 1 nitrogen and oxygen atoms in total. The maximum Gasteiger partial charge on any atom is 0.0320 e. The lowest BCUT2D eigenvalue weighted by molar-refractivity contribution is 1.59. The maximum absolute atomic E-state index is 6.09. The molecule has 0 aromatic heterocycles. The zero-order valence-corrected chi connectivity index (χ0v) is 12.7. The van der Waals surface area contributed by atoms with Crippen LogP contribution in [0.15, 0.2) is 91.0 Å². The molecule has 0 aliphatic carbocycles. The van der Waals surface area contributed by atoms with Crippen molar-refractivity contribution in [2.24, 2.45) is 0 Å². The number of nitrogens with two attached hydrogens (primary N) is 1. The van der Waals surface area contributed by atoms with Crippen LogP contribution in [-0.4, -0.2) is 0 Å². The van der Waals surface area contributed by atoms with E-state index < -0.39 is 0 Å². The summed E-state index contributed by atoms with van der Waals surface area (Å²) in [5, 5.41) is 2.49. The Morgan fingerprint density at radius 3 is 2.13 bits per heavy atom. The normalized spacial score (nSPS) is 10.8. The Balaban J connectivity index is 2.03. The predicted molar refractivity (Wildman–Crippen MR) is 99.2 cm³/mol. The van der Waals surface area contributed by atoms with E-state index >= 15 is 0 Å². The second kappa shape index (κ2) is 5.62. The van der Waals surface area contributed by atoms with E-state index in [0.29, 0.717) is 0 Å². The van der Waals surface area contributed by atoms with Gasteiger partial charge in [-0.1, -0.05) is 78.9 Å². The van der Waals surface area contributed by atoms with Crippen LogP contribution in [0.3, 0.4) is 0 Å². The van der Waals surface area contributed by atoms with Gasteiger partial charge < -0.3 is 5.73 Å². The van der Waals surface area contributed by atoms with Crippen LogP contribution in [0.2, 0.25) is 0 Å². The number of nitrogen functional groups attached to an aromatic ring is 1. The summed E-state index contributed by atoms with van der Waals surface area (Å²) in [6.45, 7) is 0. The molecule has 0 amide bonds. The molecular weight excluding hydrogens is 278 g/mol. The Bertz CT molecular complexity index is 966. The first-order chi connectivity index (χ1) is 11.3. The molecule has 0 radical (unpaired) electrons. The molecule has 0 heterocycles. The van der Waals surface area contributed by atoms with E-state index in [9.17, 15) is 0 Å². The second-order valence-electron chi connectivity index (χ2n) is 5.70. The quantitative estimate of drug-likeness (QED) is 0.468. The van der Waals surface area contributed by atoms with Crippen LogP contribution in [-0.2, 0) is 0 Å². The molecular formula is C22H17N. The standard InChI is InChI=1S/C22H17N/c23-18-13-14-20(16-7-2-1-3-8-16)22(15-18)21-12-6-10-17-9-4-5-11-19(17)21/h1-15H,23H2. The number of anilines is 1. The first-order valence-corrected chi connectivity index (χ1v) is 7.76. The Morgan fingerprint density at radius 1 is 0.522 bits per heavy atom. The molecule has 0 unspecified atom stereocenters. The lowest BCUT2D eigenvalue weighted by atomic mass is 9.91. The Morgan fingerprint density at radius 2 is 1.26 bits per heavy atom. The van der Waals surface area contributed by atoms with Gasteiger partial charge in [0.25, 0.3) is 0 Å². The van der Waals surface area contributed by atoms with Crippen LogP contribution in [0, 0.1) is 0 Å². The van der Waals surface area contributed by atoms with Gasteiger partial charge in [-0.2, -0.15) is 0 Å². The second-order valence-corrected chi connectivity index (χ2v) is 5.70. The fraction of sp³-hybridized carbons (Fsp3) is 0. The van der Waals surface area contributed by atoms with Crippen LogP contribution < -0.4 is 5.73 Å². The highest BCUT2D eigenvalue weighted by Crippen LogP contribution is 2.37. The van der Waals surface area contributed by atoms with Crippen LogP contribution in [0.4, 0.5) is 5.69 Å². The third kappa shape index (κ3) is 2.47. The van der Waals surface area contributed by atoms with Gasteiger partial charge >= 0.3 is 0 Å². The summed E-state index contributed by atoms with van der Waals surface area (Å²) in [6.07, 6.45) is 0. The molecule has 4 aromatic carbocycles. The van der Waals surface area contributed by atoms with Crippen molar-refractivity contribution in [2.75, 3.05) is 5.73 Å². The smallest absolute Gasteiger partial charge is 0.0320 e. The van der Waals surface area contributed by atoms with E-state index in [1.807, 2.05) is 12.1 Å². The minimum Gasteiger partial charge on any atom is -0.399 e.